The van der Waals surface area contributed by atoms with Crippen LogP contribution in [0.4, 0.5) is 0 Å². The molecule has 2 fully saturated rings. The van der Waals surface area contributed by atoms with Crippen LogP contribution in [0, 0.1) is 17.8 Å². The first kappa shape index (κ1) is 13.2. The van der Waals surface area contributed by atoms with Gasteiger partial charge in [0, 0.05) is 19.5 Å². The maximum atomic E-state index is 12.6. The Morgan fingerprint density at radius 1 is 1.24 bits per heavy atom. The van der Waals surface area contributed by atoms with E-state index in [0.717, 1.165) is 36.8 Å². The smallest absolute Gasteiger partial charge is 0.223 e. The molecule has 1 N–H and O–H groups in total. The highest BCUT2D eigenvalue weighted by atomic mass is 16.3. The van der Waals surface area contributed by atoms with E-state index in [1.54, 1.807) is 6.07 Å². The van der Waals surface area contributed by atoms with Gasteiger partial charge in [-0.05, 0) is 66.7 Å². The average molecular weight is 285 g/mol. The fourth-order valence-corrected chi connectivity index (χ4v) is 4.74. The first-order valence-electron chi connectivity index (χ1n) is 8.27. The summed E-state index contributed by atoms with van der Waals surface area (Å²) in [5, 5.41) is 9.61. The van der Waals surface area contributed by atoms with Crippen LogP contribution in [0.25, 0.3) is 0 Å². The molecule has 3 atom stereocenters. The number of nitrogens with zero attached hydrogens (tertiary/aromatic N) is 1. The van der Waals surface area contributed by atoms with Gasteiger partial charge in [-0.15, -0.1) is 0 Å². The highest BCUT2D eigenvalue weighted by molar-refractivity contribution is 5.77. The lowest BCUT2D eigenvalue weighted by Crippen LogP contribution is -2.37. The molecule has 1 amide bonds. The van der Waals surface area contributed by atoms with Gasteiger partial charge < -0.3 is 10.0 Å². The third-order valence-corrected chi connectivity index (χ3v) is 5.88. The molecule has 4 rings (SSSR count). The van der Waals surface area contributed by atoms with Crippen molar-refractivity contribution in [1.82, 2.24) is 4.90 Å². The van der Waals surface area contributed by atoms with Gasteiger partial charge in [-0.1, -0.05) is 12.5 Å². The fourth-order valence-electron chi connectivity index (χ4n) is 4.74. The lowest BCUT2D eigenvalue weighted by atomic mass is 9.86. The van der Waals surface area contributed by atoms with E-state index in [2.05, 4.69) is 0 Å². The van der Waals surface area contributed by atoms with Crippen molar-refractivity contribution in [3.8, 4) is 5.75 Å². The van der Waals surface area contributed by atoms with Gasteiger partial charge in [0.15, 0.2) is 0 Å². The molecule has 0 radical (unpaired) electrons. The monoisotopic (exact) mass is 285 g/mol. The highest BCUT2D eigenvalue weighted by Crippen LogP contribution is 2.49. The number of benzene rings is 1. The molecule has 0 aromatic heterocycles. The first-order chi connectivity index (χ1) is 10.2. The summed E-state index contributed by atoms with van der Waals surface area (Å²) in [5.74, 6) is 2.99. The molecule has 1 aromatic rings. The van der Waals surface area contributed by atoms with E-state index >= 15 is 0 Å². The number of carbonyl (C=O) groups is 1. The van der Waals surface area contributed by atoms with Gasteiger partial charge in [-0.3, -0.25) is 4.79 Å². The molecular formula is C18H23NO2. The number of amides is 1. The Kier molecular flexibility index (Phi) is 3.16. The van der Waals surface area contributed by atoms with E-state index in [0.29, 0.717) is 24.1 Å². The number of phenols is 1. The van der Waals surface area contributed by atoms with Crippen LogP contribution in [-0.2, 0) is 17.8 Å². The van der Waals surface area contributed by atoms with Gasteiger partial charge in [-0.2, -0.15) is 0 Å². The number of hydrogen-bond donors (Lipinski definition) is 1. The van der Waals surface area contributed by atoms with Crippen molar-refractivity contribution in [2.24, 2.45) is 17.8 Å². The second kappa shape index (κ2) is 5.04. The van der Waals surface area contributed by atoms with Gasteiger partial charge in [-0.25, -0.2) is 0 Å². The largest absolute Gasteiger partial charge is 0.508 e. The summed E-state index contributed by atoms with van der Waals surface area (Å²) in [5.41, 5.74) is 2.39. The van der Waals surface area contributed by atoms with Gasteiger partial charge in [0.25, 0.3) is 0 Å². The molecule has 0 saturated heterocycles. The maximum Gasteiger partial charge on any atom is 0.223 e. The minimum absolute atomic E-state index is 0.302. The van der Waals surface area contributed by atoms with E-state index in [-0.39, 0.29) is 0 Å². The number of phenolic OH excluding ortho intramolecular Hbond substituents is 1. The number of fused-ring (bicyclic) bond motifs is 3. The summed E-state index contributed by atoms with van der Waals surface area (Å²) < 4.78 is 0. The summed E-state index contributed by atoms with van der Waals surface area (Å²) in [6, 6.07) is 5.54. The van der Waals surface area contributed by atoms with Crippen LogP contribution in [0.15, 0.2) is 18.2 Å². The third-order valence-electron chi connectivity index (χ3n) is 5.88. The number of aromatic hydroxyl groups is 1. The molecule has 112 valence electrons. The van der Waals surface area contributed by atoms with Crippen LogP contribution < -0.4 is 0 Å². The normalized spacial score (nSPS) is 30.5. The molecule has 2 saturated carbocycles. The Bertz CT molecular complexity index is 568. The zero-order valence-electron chi connectivity index (χ0n) is 12.4. The van der Waals surface area contributed by atoms with Crippen molar-refractivity contribution in [3.63, 3.8) is 0 Å². The van der Waals surface area contributed by atoms with Crippen LogP contribution in [-0.4, -0.2) is 22.5 Å². The Balaban J connectivity index is 1.42. The van der Waals surface area contributed by atoms with Gasteiger partial charge in [0.05, 0.1) is 0 Å². The maximum absolute atomic E-state index is 12.6. The Hall–Kier alpha value is -1.51. The van der Waals surface area contributed by atoms with Crippen molar-refractivity contribution in [3.05, 3.63) is 29.3 Å². The minimum atomic E-state index is 0.302. The van der Waals surface area contributed by atoms with Crippen LogP contribution in [0.3, 0.4) is 0 Å². The zero-order chi connectivity index (χ0) is 14.4. The summed E-state index contributed by atoms with van der Waals surface area (Å²) in [7, 11) is 0. The van der Waals surface area contributed by atoms with Crippen LogP contribution in [0.1, 0.15) is 43.2 Å². The molecule has 3 aliphatic rings. The first-order valence-corrected chi connectivity index (χ1v) is 8.27. The summed E-state index contributed by atoms with van der Waals surface area (Å²) >= 11 is 0. The van der Waals surface area contributed by atoms with E-state index in [4.69, 9.17) is 0 Å². The van der Waals surface area contributed by atoms with E-state index in [9.17, 15) is 9.90 Å². The minimum Gasteiger partial charge on any atom is -0.508 e. The van der Waals surface area contributed by atoms with Gasteiger partial charge >= 0.3 is 0 Å². The van der Waals surface area contributed by atoms with E-state index in [1.165, 1.54) is 31.2 Å². The SMILES string of the molecule is O=C(CC1CC2CCC1C2)N1CCc2ccc(O)cc2C1. The summed E-state index contributed by atoms with van der Waals surface area (Å²) in [6.45, 7) is 1.50. The standard InChI is InChI=1S/C18H23NO2/c20-17-4-3-13-5-6-19(11-16(13)9-17)18(21)10-15-8-12-1-2-14(15)7-12/h3-4,9,12,14-15,20H,1-2,5-8,10-11H2. The lowest BCUT2D eigenvalue weighted by molar-refractivity contribution is -0.133. The quantitative estimate of drug-likeness (QED) is 0.907. The van der Waals surface area contributed by atoms with E-state index < -0.39 is 0 Å². The molecule has 3 unspecified atom stereocenters. The Morgan fingerprint density at radius 3 is 2.90 bits per heavy atom. The zero-order valence-corrected chi connectivity index (χ0v) is 12.4. The second-order valence-electron chi connectivity index (χ2n) is 7.16. The predicted molar refractivity (Wildman–Crippen MR) is 80.8 cm³/mol. The Morgan fingerprint density at radius 2 is 2.14 bits per heavy atom. The summed E-state index contributed by atoms with van der Waals surface area (Å²) in [4.78, 5) is 14.6. The molecular weight excluding hydrogens is 262 g/mol. The molecule has 3 heteroatoms. The predicted octanol–water partition coefficient (Wildman–Crippen LogP) is 3.10. The summed E-state index contributed by atoms with van der Waals surface area (Å²) in [6.07, 6.45) is 7.05. The fraction of sp³-hybridized carbons (Fsp3) is 0.611. The molecule has 1 aromatic carbocycles. The van der Waals surface area contributed by atoms with Crippen molar-refractivity contribution in [2.45, 2.75) is 45.1 Å². The second-order valence-corrected chi connectivity index (χ2v) is 7.16. The van der Waals surface area contributed by atoms with Gasteiger partial charge in [0.1, 0.15) is 5.75 Å². The highest BCUT2D eigenvalue weighted by Gasteiger charge is 2.40. The topological polar surface area (TPSA) is 40.5 Å². The number of rotatable bonds is 2. The van der Waals surface area contributed by atoms with Crippen molar-refractivity contribution >= 4 is 5.91 Å². The molecule has 2 bridgehead atoms. The van der Waals surface area contributed by atoms with Gasteiger partial charge in [0.2, 0.25) is 5.91 Å². The number of carbonyl (C=O) groups excluding carboxylic acids is 1. The lowest BCUT2D eigenvalue weighted by Gasteiger charge is -2.31. The van der Waals surface area contributed by atoms with Crippen LogP contribution >= 0.6 is 0 Å². The van der Waals surface area contributed by atoms with Crippen molar-refractivity contribution in [1.29, 1.82) is 0 Å². The van der Waals surface area contributed by atoms with Crippen LogP contribution in [0.5, 0.6) is 5.75 Å². The van der Waals surface area contributed by atoms with Crippen molar-refractivity contribution in [2.75, 3.05) is 6.54 Å². The van der Waals surface area contributed by atoms with Crippen LogP contribution in [0.2, 0.25) is 0 Å². The Labute approximate surface area is 126 Å². The average Bonchev–Trinajstić information content (AvgIpc) is 3.09. The molecule has 1 heterocycles. The van der Waals surface area contributed by atoms with Crippen molar-refractivity contribution < 1.29 is 9.90 Å². The molecule has 21 heavy (non-hydrogen) atoms. The third kappa shape index (κ3) is 2.43. The molecule has 2 aliphatic carbocycles. The van der Waals surface area contributed by atoms with E-state index in [1.807, 2.05) is 17.0 Å². The number of hydrogen-bond acceptors (Lipinski definition) is 2. The molecule has 0 spiro atoms. The molecule has 1 aliphatic heterocycles. The molecule has 3 nitrogen and oxygen atoms in total.